The van der Waals surface area contributed by atoms with Crippen LogP contribution in [-0.4, -0.2) is 26.0 Å². The SMILES string of the molecule is COc1ccc2c(c1)NC(=NCc1cccc(Cl)c1)C1(CCNCC1)C2. The minimum Gasteiger partial charge on any atom is -0.497 e. The number of piperidine rings is 1. The summed E-state index contributed by atoms with van der Waals surface area (Å²) in [5, 5.41) is 7.86. The smallest absolute Gasteiger partial charge is 0.120 e. The minimum absolute atomic E-state index is 0.0887. The van der Waals surface area contributed by atoms with Crippen LogP contribution >= 0.6 is 11.6 Å². The van der Waals surface area contributed by atoms with Crippen molar-refractivity contribution in [1.29, 1.82) is 0 Å². The van der Waals surface area contributed by atoms with E-state index in [9.17, 15) is 0 Å². The predicted octanol–water partition coefficient (Wildman–Crippen LogP) is 4.29. The number of rotatable bonds is 3. The van der Waals surface area contributed by atoms with E-state index in [-0.39, 0.29) is 5.41 Å². The maximum Gasteiger partial charge on any atom is 0.120 e. The van der Waals surface area contributed by atoms with Crippen LogP contribution in [0.1, 0.15) is 24.0 Å². The van der Waals surface area contributed by atoms with Gasteiger partial charge in [0.15, 0.2) is 0 Å². The lowest BCUT2D eigenvalue weighted by atomic mass is 9.71. The largest absolute Gasteiger partial charge is 0.497 e. The van der Waals surface area contributed by atoms with Gasteiger partial charge in [-0.25, -0.2) is 0 Å². The first-order chi connectivity index (χ1) is 12.7. The summed E-state index contributed by atoms with van der Waals surface area (Å²) < 4.78 is 5.39. The fourth-order valence-corrected chi connectivity index (χ4v) is 4.21. The topological polar surface area (TPSA) is 45.6 Å². The van der Waals surface area contributed by atoms with Crippen molar-refractivity contribution in [2.75, 3.05) is 25.5 Å². The normalized spacial score (nSPS) is 19.8. The van der Waals surface area contributed by atoms with Gasteiger partial charge in [0.25, 0.3) is 0 Å². The Labute approximate surface area is 159 Å². The molecule has 0 unspecified atom stereocenters. The lowest BCUT2D eigenvalue weighted by Crippen LogP contribution is -2.48. The highest BCUT2D eigenvalue weighted by Gasteiger charge is 2.41. The molecule has 0 atom stereocenters. The zero-order valence-corrected chi connectivity index (χ0v) is 15.8. The van der Waals surface area contributed by atoms with E-state index in [4.69, 9.17) is 21.3 Å². The maximum absolute atomic E-state index is 6.12. The molecule has 0 radical (unpaired) electrons. The number of benzene rings is 2. The lowest BCUT2D eigenvalue weighted by molar-refractivity contribution is 0.293. The van der Waals surface area contributed by atoms with Gasteiger partial charge in [-0.1, -0.05) is 29.8 Å². The number of methoxy groups -OCH3 is 1. The van der Waals surface area contributed by atoms with Crippen molar-refractivity contribution in [2.45, 2.75) is 25.8 Å². The number of aliphatic imine (C=N–C) groups is 1. The summed E-state index contributed by atoms with van der Waals surface area (Å²) in [7, 11) is 1.70. The lowest BCUT2D eigenvalue weighted by Gasteiger charge is -2.43. The molecular formula is C21H24ClN3O. The van der Waals surface area contributed by atoms with Crippen LogP contribution in [0.2, 0.25) is 5.02 Å². The molecule has 136 valence electrons. The molecule has 2 aromatic rings. The summed E-state index contributed by atoms with van der Waals surface area (Å²) in [6.07, 6.45) is 3.22. The van der Waals surface area contributed by atoms with Crippen LogP contribution in [0.25, 0.3) is 0 Å². The van der Waals surface area contributed by atoms with Crippen molar-refractivity contribution in [3.63, 3.8) is 0 Å². The number of amidine groups is 1. The zero-order valence-electron chi connectivity index (χ0n) is 15.0. The van der Waals surface area contributed by atoms with Gasteiger partial charge in [0, 0.05) is 22.2 Å². The Morgan fingerprint density at radius 2 is 2.00 bits per heavy atom. The van der Waals surface area contributed by atoms with Crippen molar-refractivity contribution in [3.05, 3.63) is 58.6 Å². The molecular weight excluding hydrogens is 346 g/mol. The number of nitrogens with zero attached hydrogens (tertiary/aromatic N) is 1. The Kier molecular flexibility index (Phi) is 4.88. The molecule has 2 aromatic carbocycles. The Hall–Kier alpha value is -2.04. The van der Waals surface area contributed by atoms with E-state index in [1.807, 2.05) is 24.3 Å². The molecule has 4 rings (SSSR count). The Bertz CT molecular complexity index is 828. The van der Waals surface area contributed by atoms with Gasteiger partial charge >= 0.3 is 0 Å². The molecule has 2 heterocycles. The number of halogens is 1. The van der Waals surface area contributed by atoms with E-state index in [0.717, 1.165) is 60.2 Å². The van der Waals surface area contributed by atoms with Crippen molar-refractivity contribution < 1.29 is 4.74 Å². The molecule has 26 heavy (non-hydrogen) atoms. The molecule has 1 fully saturated rings. The Morgan fingerprint density at radius 1 is 1.15 bits per heavy atom. The average molecular weight is 370 g/mol. The summed E-state index contributed by atoms with van der Waals surface area (Å²) in [4.78, 5) is 5.00. The van der Waals surface area contributed by atoms with Crippen LogP contribution in [0, 0.1) is 5.41 Å². The fourth-order valence-electron chi connectivity index (χ4n) is 3.99. The molecule has 1 saturated heterocycles. The number of nitrogens with one attached hydrogen (secondary N) is 2. The van der Waals surface area contributed by atoms with Gasteiger partial charge in [-0.05, 0) is 61.7 Å². The molecule has 0 amide bonds. The molecule has 5 heteroatoms. The minimum atomic E-state index is 0.0887. The van der Waals surface area contributed by atoms with Gasteiger partial charge in [0.05, 0.1) is 13.7 Å². The second-order valence-corrected chi connectivity index (χ2v) is 7.59. The summed E-state index contributed by atoms with van der Waals surface area (Å²) in [6, 6.07) is 14.2. The number of anilines is 1. The summed E-state index contributed by atoms with van der Waals surface area (Å²) >= 11 is 6.12. The third-order valence-corrected chi connectivity index (χ3v) is 5.71. The quantitative estimate of drug-likeness (QED) is 0.848. The van der Waals surface area contributed by atoms with Crippen LogP contribution in [0.3, 0.4) is 0 Å². The van der Waals surface area contributed by atoms with Crippen LogP contribution in [0.15, 0.2) is 47.5 Å². The molecule has 2 aliphatic heterocycles. The van der Waals surface area contributed by atoms with Crippen LogP contribution in [0.5, 0.6) is 5.75 Å². The molecule has 1 spiro atoms. The van der Waals surface area contributed by atoms with Crippen molar-refractivity contribution >= 4 is 23.1 Å². The Morgan fingerprint density at radius 3 is 2.77 bits per heavy atom. The molecule has 4 nitrogen and oxygen atoms in total. The highest BCUT2D eigenvalue weighted by atomic mass is 35.5. The van der Waals surface area contributed by atoms with Crippen LogP contribution in [0.4, 0.5) is 5.69 Å². The first-order valence-electron chi connectivity index (χ1n) is 9.13. The first-order valence-corrected chi connectivity index (χ1v) is 9.50. The fraction of sp³-hybridized carbons (Fsp3) is 0.381. The third-order valence-electron chi connectivity index (χ3n) is 5.47. The molecule has 2 aliphatic rings. The van der Waals surface area contributed by atoms with E-state index in [2.05, 4.69) is 28.8 Å². The monoisotopic (exact) mass is 369 g/mol. The molecule has 0 aliphatic carbocycles. The summed E-state index contributed by atoms with van der Waals surface area (Å²) in [6.45, 7) is 2.70. The number of ether oxygens (including phenoxy) is 1. The number of hydrogen-bond acceptors (Lipinski definition) is 3. The van der Waals surface area contributed by atoms with E-state index in [1.54, 1.807) is 7.11 Å². The first kappa shape index (κ1) is 17.4. The number of fused-ring (bicyclic) bond motifs is 1. The van der Waals surface area contributed by atoms with Crippen molar-refractivity contribution in [3.8, 4) is 5.75 Å². The predicted molar refractivity (Wildman–Crippen MR) is 107 cm³/mol. The van der Waals surface area contributed by atoms with Gasteiger partial charge < -0.3 is 15.4 Å². The highest BCUT2D eigenvalue weighted by molar-refractivity contribution is 6.30. The zero-order chi connectivity index (χ0) is 18.0. The van der Waals surface area contributed by atoms with E-state index >= 15 is 0 Å². The van der Waals surface area contributed by atoms with Gasteiger partial charge in [0.1, 0.15) is 11.6 Å². The van der Waals surface area contributed by atoms with Gasteiger partial charge in [-0.3, -0.25) is 4.99 Å². The van der Waals surface area contributed by atoms with E-state index < -0.39 is 0 Å². The molecule has 2 N–H and O–H groups in total. The molecule has 0 saturated carbocycles. The number of hydrogen-bond donors (Lipinski definition) is 2. The maximum atomic E-state index is 6.12. The van der Waals surface area contributed by atoms with Crippen molar-refractivity contribution in [1.82, 2.24) is 5.32 Å². The second kappa shape index (κ2) is 7.29. The third kappa shape index (κ3) is 3.44. The van der Waals surface area contributed by atoms with Gasteiger partial charge in [0.2, 0.25) is 0 Å². The van der Waals surface area contributed by atoms with Crippen molar-refractivity contribution in [2.24, 2.45) is 10.4 Å². The van der Waals surface area contributed by atoms with Gasteiger partial charge in [-0.2, -0.15) is 0 Å². The highest BCUT2D eigenvalue weighted by Crippen LogP contribution is 2.42. The van der Waals surface area contributed by atoms with Crippen LogP contribution in [-0.2, 0) is 13.0 Å². The van der Waals surface area contributed by atoms with Crippen LogP contribution < -0.4 is 15.4 Å². The Balaban J connectivity index is 1.67. The molecule has 0 bridgehead atoms. The standard InChI is InChI=1S/C21H24ClN3O/c1-26-18-6-5-16-13-21(7-9-23-10-8-21)20(25-19(16)12-18)24-14-15-3-2-4-17(22)11-15/h2-6,11-12,23H,7-10,13-14H2,1H3,(H,24,25). The summed E-state index contributed by atoms with van der Waals surface area (Å²) in [5.41, 5.74) is 3.67. The second-order valence-electron chi connectivity index (χ2n) is 7.15. The molecule has 0 aromatic heterocycles. The summed E-state index contributed by atoms with van der Waals surface area (Å²) in [5.74, 6) is 1.96. The average Bonchev–Trinajstić information content (AvgIpc) is 2.67. The van der Waals surface area contributed by atoms with Gasteiger partial charge in [-0.15, -0.1) is 0 Å². The van der Waals surface area contributed by atoms with E-state index in [0.29, 0.717) is 6.54 Å². The van der Waals surface area contributed by atoms with E-state index in [1.165, 1.54) is 5.56 Å².